The zero-order valence-corrected chi connectivity index (χ0v) is 14.9. The third-order valence-corrected chi connectivity index (χ3v) is 4.13. The highest BCUT2D eigenvalue weighted by Crippen LogP contribution is 2.20. The first-order chi connectivity index (χ1) is 13.4. The first kappa shape index (κ1) is 16.9. The summed E-state index contributed by atoms with van der Waals surface area (Å²) in [4.78, 5) is 14.4. The summed E-state index contributed by atoms with van der Waals surface area (Å²) in [5, 5.41) is 0. The van der Waals surface area contributed by atoms with Crippen LogP contribution in [0.4, 0.5) is 17.1 Å². The topological polar surface area (TPSA) is 37.1 Å². The summed E-state index contributed by atoms with van der Waals surface area (Å²) in [6, 6.07) is 29.9. The maximum absolute atomic E-state index is 4.84. The van der Waals surface area contributed by atoms with Crippen LogP contribution in [-0.2, 0) is 0 Å². The predicted molar refractivity (Wildman–Crippen MR) is 114 cm³/mol. The molecule has 0 unspecified atom stereocenters. The molecular weight excluding hydrogens is 330 g/mol. The van der Waals surface area contributed by atoms with Gasteiger partial charge in [0, 0.05) is 12.1 Å². The Bertz CT molecular complexity index is 1010. The fraction of sp³-hybridized carbons (Fsp3) is 0.0417. The van der Waals surface area contributed by atoms with Crippen LogP contribution in [0.15, 0.2) is 118 Å². The molecule has 0 aromatic heterocycles. The molecule has 3 heteroatoms. The van der Waals surface area contributed by atoms with Gasteiger partial charge in [0.15, 0.2) is 0 Å². The molecule has 27 heavy (non-hydrogen) atoms. The van der Waals surface area contributed by atoms with Crippen molar-refractivity contribution >= 4 is 34.2 Å². The molecule has 3 nitrogen and oxygen atoms in total. The van der Waals surface area contributed by atoms with Crippen molar-refractivity contribution in [1.29, 1.82) is 0 Å². The monoisotopic (exact) mass is 349 g/mol. The van der Waals surface area contributed by atoms with E-state index in [2.05, 4.69) is 0 Å². The van der Waals surface area contributed by atoms with E-state index in [1.54, 1.807) is 0 Å². The number of benzene rings is 3. The van der Waals surface area contributed by atoms with Crippen LogP contribution in [-0.4, -0.2) is 17.1 Å². The standard InChI is InChI=1S/C24H19N3/c1-4-10-19(11-5-1)25-22-16-17-23(26-20-12-6-2-7-13-20)24(18-22)27-21-14-8-3-9-15-21/h1-17H,18H2. The molecule has 0 heterocycles. The Labute approximate surface area is 159 Å². The third-order valence-electron chi connectivity index (χ3n) is 4.13. The molecule has 0 saturated carbocycles. The van der Waals surface area contributed by atoms with Gasteiger partial charge < -0.3 is 0 Å². The fourth-order valence-electron chi connectivity index (χ4n) is 2.84. The van der Waals surface area contributed by atoms with Gasteiger partial charge in [0.05, 0.1) is 28.5 Å². The van der Waals surface area contributed by atoms with Gasteiger partial charge in [0.2, 0.25) is 0 Å². The minimum atomic E-state index is 0.645. The van der Waals surface area contributed by atoms with Crippen molar-refractivity contribution in [3.63, 3.8) is 0 Å². The fourth-order valence-corrected chi connectivity index (χ4v) is 2.84. The molecule has 3 aromatic carbocycles. The van der Waals surface area contributed by atoms with E-state index in [9.17, 15) is 0 Å². The number of para-hydroxylation sites is 3. The molecule has 4 rings (SSSR count). The average molecular weight is 349 g/mol. The second-order valence-corrected chi connectivity index (χ2v) is 6.18. The van der Waals surface area contributed by atoms with Crippen molar-refractivity contribution in [3.05, 3.63) is 103 Å². The minimum Gasteiger partial charge on any atom is -0.253 e. The molecule has 0 fully saturated rings. The van der Waals surface area contributed by atoms with Crippen LogP contribution in [0.3, 0.4) is 0 Å². The maximum Gasteiger partial charge on any atom is 0.0856 e. The van der Waals surface area contributed by atoms with E-state index in [-0.39, 0.29) is 0 Å². The molecule has 0 aliphatic heterocycles. The molecule has 0 radical (unpaired) electrons. The van der Waals surface area contributed by atoms with Gasteiger partial charge in [-0.3, -0.25) is 9.98 Å². The van der Waals surface area contributed by atoms with Crippen molar-refractivity contribution in [2.24, 2.45) is 15.0 Å². The highest BCUT2D eigenvalue weighted by Gasteiger charge is 2.15. The Balaban J connectivity index is 1.73. The molecule has 0 N–H and O–H groups in total. The van der Waals surface area contributed by atoms with E-state index in [1.807, 2.05) is 103 Å². The Morgan fingerprint density at radius 1 is 0.481 bits per heavy atom. The molecular formula is C24H19N3. The molecule has 130 valence electrons. The summed E-state index contributed by atoms with van der Waals surface area (Å²) in [5.74, 6) is 0. The summed E-state index contributed by atoms with van der Waals surface area (Å²) in [5.41, 5.74) is 5.55. The van der Waals surface area contributed by atoms with Crippen molar-refractivity contribution in [3.8, 4) is 0 Å². The Hall–Kier alpha value is -3.59. The molecule has 0 saturated heterocycles. The van der Waals surface area contributed by atoms with E-state index < -0.39 is 0 Å². The van der Waals surface area contributed by atoms with Crippen molar-refractivity contribution < 1.29 is 0 Å². The smallest absolute Gasteiger partial charge is 0.0856 e. The van der Waals surface area contributed by atoms with Crippen LogP contribution < -0.4 is 0 Å². The van der Waals surface area contributed by atoms with E-state index in [0.29, 0.717) is 6.42 Å². The van der Waals surface area contributed by atoms with Crippen LogP contribution in [0, 0.1) is 0 Å². The van der Waals surface area contributed by atoms with Gasteiger partial charge in [-0.2, -0.15) is 0 Å². The molecule has 0 bridgehead atoms. The Kier molecular flexibility index (Phi) is 5.11. The summed E-state index contributed by atoms with van der Waals surface area (Å²) in [6.45, 7) is 0. The molecule has 0 amide bonds. The molecule has 3 aromatic rings. The van der Waals surface area contributed by atoms with Crippen LogP contribution in [0.1, 0.15) is 6.42 Å². The van der Waals surface area contributed by atoms with Gasteiger partial charge in [0.25, 0.3) is 0 Å². The van der Waals surface area contributed by atoms with Crippen molar-refractivity contribution in [2.75, 3.05) is 0 Å². The van der Waals surface area contributed by atoms with E-state index in [4.69, 9.17) is 15.0 Å². The quantitative estimate of drug-likeness (QED) is 0.535. The number of aliphatic imine (C=N–C) groups is 3. The molecule has 1 aliphatic carbocycles. The number of hydrogen-bond donors (Lipinski definition) is 0. The zero-order chi connectivity index (χ0) is 18.3. The van der Waals surface area contributed by atoms with E-state index >= 15 is 0 Å². The molecule has 1 aliphatic rings. The normalized spacial score (nSPS) is 18.3. The highest BCUT2D eigenvalue weighted by molar-refractivity contribution is 6.52. The van der Waals surface area contributed by atoms with Crippen LogP contribution in [0.2, 0.25) is 0 Å². The molecule has 0 atom stereocenters. The highest BCUT2D eigenvalue weighted by atomic mass is 14.8. The maximum atomic E-state index is 4.84. The second kappa shape index (κ2) is 8.19. The van der Waals surface area contributed by atoms with Crippen LogP contribution >= 0.6 is 0 Å². The average Bonchev–Trinajstić information content (AvgIpc) is 2.72. The number of allylic oxidation sites excluding steroid dienone is 2. The lowest BCUT2D eigenvalue weighted by atomic mass is 10.0. The second-order valence-electron chi connectivity index (χ2n) is 6.18. The predicted octanol–water partition coefficient (Wildman–Crippen LogP) is 6.26. The van der Waals surface area contributed by atoms with Crippen LogP contribution in [0.25, 0.3) is 0 Å². The summed E-state index contributed by atoms with van der Waals surface area (Å²) < 4.78 is 0. The largest absolute Gasteiger partial charge is 0.253 e. The number of nitrogens with zero attached hydrogens (tertiary/aromatic N) is 3. The zero-order valence-electron chi connectivity index (χ0n) is 14.9. The Morgan fingerprint density at radius 2 is 0.963 bits per heavy atom. The van der Waals surface area contributed by atoms with Gasteiger partial charge in [-0.15, -0.1) is 0 Å². The number of hydrogen-bond acceptors (Lipinski definition) is 3. The van der Waals surface area contributed by atoms with Crippen molar-refractivity contribution in [1.82, 2.24) is 0 Å². The van der Waals surface area contributed by atoms with Crippen LogP contribution in [0.5, 0.6) is 0 Å². The van der Waals surface area contributed by atoms with Gasteiger partial charge in [-0.25, -0.2) is 4.99 Å². The molecule has 0 spiro atoms. The lowest BCUT2D eigenvalue weighted by Crippen LogP contribution is -2.20. The van der Waals surface area contributed by atoms with E-state index in [1.165, 1.54) is 0 Å². The number of rotatable bonds is 3. The summed E-state index contributed by atoms with van der Waals surface area (Å²) in [6.07, 6.45) is 4.67. The summed E-state index contributed by atoms with van der Waals surface area (Å²) >= 11 is 0. The van der Waals surface area contributed by atoms with Gasteiger partial charge >= 0.3 is 0 Å². The van der Waals surface area contributed by atoms with Gasteiger partial charge in [-0.1, -0.05) is 54.6 Å². The summed E-state index contributed by atoms with van der Waals surface area (Å²) in [7, 11) is 0. The first-order valence-electron chi connectivity index (χ1n) is 8.94. The lowest BCUT2D eigenvalue weighted by Gasteiger charge is -2.13. The first-order valence-corrected chi connectivity index (χ1v) is 8.94. The SMILES string of the molecule is C1=CC(=Nc2ccccc2)C(=Nc2ccccc2)CC1=Nc1ccccc1. The Morgan fingerprint density at radius 3 is 1.52 bits per heavy atom. The van der Waals surface area contributed by atoms with E-state index in [0.717, 1.165) is 34.2 Å². The third kappa shape index (κ3) is 4.53. The lowest BCUT2D eigenvalue weighted by molar-refractivity contribution is 1.41. The van der Waals surface area contributed by atoms with Gasteiger partial charge in [0.1, 0.15) is 0 Å². The van der Waals surface area contributed by atoms with Crippen molar-refractivity contribution in [2.45, 2.75) is 6.42 Å². The minimum absolute atomic E-state index is 0.645. The van der Waals surface area contributed by atoms with Gasteiger partial charge in [-0.05, 0) is 48.6 Å².